The number of carboxylic acid groups (broad SMARTS) is 1. The molecule has 148 valence electrons. The first-order valence-corrected chi connectivity index (χ1v) is 7.65. The van der Waals surface area contributed by atoms with E-state index in [9.17, 15) is 26.7 Å². The van der Waals surface area contributed by atoms with Crippen LogP contribution in [0.5, 0.6) is 11.6 Å². The molecule has 1 aromatic carbocycles. The van der Waals surface area contributed by atoms with Crippen molar-refractivity contribution in [2.45, 2.75) is 19.7 Å². The van der Waals surface area contributed by atoms with Crippen LogP contribution in [0.3, 0.4) is 0 Å². The molecule has 0 radical (unpaired) electrons. The maximum atomic E-state index is 13.7. The summed E-state index contributed by atoms with van der Waals surface area (Å²) in [5.41, 5.74) is -1.97. The summed E-state index contributed by atoms with van der Waals surface area (Å²) in [5.74, 6) is -3.10. The van der Waals surface area contributed by atoms with Crippen molar-refractivity contribution in [3.63, 3.8) is 0 Å². The topological polar surface area (TPSA) is 73.1 Å². The van der Waals surface area contributed by atoms with E-state index in [0.717, 1.165) is 18.2 Å². The maximum Gasteiger partial charge on any atom is 0.511 e. The Kier molecular flexibility index (Phi) is 4.84. The zero-order chi connectivity index (χ0) is 20.6. The number of nitrogens with zero attached hydrogens (tertiary/aromatic N) is 2. The molecule has 11 heteroatoms. The monoisotopic (exact) mass is 402 g/mol. The molecule has 0 bridgehead atoms. The Bertz CT molecular complexity index is 1040. The largest absolute Gasteiger partial charge is 0.511 e. The number of hydrogen-bond donors (Lipinski definition) is 1. The van der Waals surface area contributed by atoms with Crippen molar-refractivity contribution in [1.82, 2.24) is 9.61 Å². The Hall–Kier alpha value is -3.37. The number of aromatic nitrogens is 2. The SMILES string of the molecule is Cc1cc(OCc2c(F)cccc2F)n2nc(C(F)(F)F)c(OC(=O)O)c2c1. The van der Waals surface area contributed by atoms with Gasteiger partial charge in [-0.05, 0) is 30.7 Å². The molecule has 2 aromatic heterocycles. The van der Waals surface area contributed by atoms with Crippen LogP contribution in [-0.4, -0.2) is 20.9 Å². The fraction of sp³-hybridized carbons (Fsp3) is 0.176. The van der Waals surface area contributed by atoms with Gasteiger partial charge in [0.15, 0.2) is 5.75 Å². The number of ether oxygens (including phenoxy) is 2. The van der Waals surface area contributed by atoms with Crippen molar-refractivity contribution in [2.75, 3.05) is 0 Å². The number of rotatable bonds is 4. The molecule has 0 aliphatic rings. The van der Waals surface area contributed by atoms with E-state index in [0.29, 0.717) is 10.1 Å². The maximum absolute atomic E-state index is 13.7. The molecule has 28 heavy (non-hydrogen) atoms. The lowest BCUT2D eigenvalue weighted by atomic mass is 10.2. The number of alkyl halides is 3. The van der Waals surface area contributed by atoms with Crippen molar-refractivity contribution in [2.24, 2.45) is 0 Å². The second kappa shape index (κ2) is 6.98. The number of pyridine rings is 1. The highest BCUT2D eigenvalue weighted by Gasteiger charge is 2.40. The molecule has 0 amide bonds. The van der Waals surface area contributed by atoms with E-state index in [1.807, 2.05) is 0 Å². The van der Waals surface area contributed by atoms with E-state index in [1.165, 1.54) is 19.1 Å². The second-order valence-electron chi connectivity index (χ2n) is 5.70. The summed E-state index contributed by atoms with van der Waals surface area (Å²) < 4.78 is 77.4. The van der Waals surface area contributed by atoms with E-state index in [4.69, 9.17) is 9.84 Å². The van der Waals surface area contributed by atoms with Gasteiger partial charge >= 0.3 is 12.3 Å². The molecule has 3 rings (SSSR count). The van der Waals surface area contributed by atoms with Crippen LogP contribution in [0.15, 0.2) is 30.3 Å². The van der Waals surface area contributed by atoms with Gasteiger partial charge in [0.2, 0.25) is 11.6 Å². The molecule has 6 nitrogen and oxygen atoms in total. The fourth-order valence-corrected chi connectivity index (χ4v) is 2.52. The van der Waals surface area contributed by atoms with Crippen molar-refractivity contribution in [1.29, 1.82) is 0 Å². The van der Waals surface area contributed by atoms with Gasteiger partial charge < -0.3 is 14.6 Å². The predicted octanol–water partition coefficient (Wildman–Crippen LogP) is 4.58. The average Bonchev–Trinajstić information content (AvgIpc) is 2.92. The van der Waals surface area contributed by atoms with E-state index in [1.54, 1.807) is 0 Å². The molecule has 0 aliphatic carbocycles. The van der Waals surface area contributed by atoms with Crippen LogP contribution < -0.4 is 9.47 Å². The minimum absolute atomic E-state index is 0.289. The van der Waals surface area contributed by atoms with Crippen LogP contribution in [0.2, 0.25) is 0 Å². The standard InChI is InChI=1S/C17H11F5N2O4/c1-8-5-12-14(28-16(25)26)15(17(20,21)22)23-24(12)13(6-8)27-7-9-10(18)3-2-4-11(9)19/h2-6H,7H2,1H3,(H,25,26). The van der Waals surface area contributed by atoms with Crippen LogP contribution in [0.1, 0.15) is 16.8 Å². The fourth-order valence-electron chi connectivity index (χ4n) is 2.52. The van der Waals surface area contributed by atoms with Crippen molar-refractivity contribution < 1.29 is 41.3 Å². The van der Waals surface area contributed by atoms with Gasteiger partial charge in [-0.25, -0.2) is 13.6 Å². The molecule has 0 saturated carbocycles. The third-order valence-electron chi connectivity index (χ3n) is 3.68. The van der Waals surface area contributed by atoms with Gasteiger partial charge in [-0.15, -0.1) is 0 Å². The number of halogens is 5. The van der Waals surface area contributed by atoms with E-state index < -0.39 is 47.6 Å². The number of hydrogen-bond acceptors (Lipinski definition) is 4. The zero-order valence-corrected chi connectivity index (χ0v) is 14.1. The number of carbonyl (C=O) groups is 1. The Balaban J connectivity index is 2.10. The Morgan fingerprint density at radius 3 is 2.43 bits per heavy atom. The number of aryl methyl sites for hydroxylation is 1. The Morgan fingerprint density at radius 2 is 1.86 bits per heavy atom. The van der Waals surface area contributed by atoms with Crippen LogP contribution in [-0.2, 0) is 12.8 Å². The minimum Gasteiger partial charge on any atom is -0.473 e. The van der Waals surface area contributed by atoms with E-state index >= 15 is 0 Å². The van der Waals surface area contributed by atoms with Crippen LogP contribution >= 0.6 is 0 Å². The van der Waals surface area contributed by atoms with Gasteiger partial charge in [0.25, 0.3) is 0 Å². The number of benzene rings is 1. The normalized spacial score (nSPS) is 11.6. The predicted molar refractivity (Wildman–Crippen MR) is 84.3 cm³/mol. The molecule has 3 aromatic rings. The first-order chi connectivity index (χ1) is 13.1. The van der Waals surface area contributed by atoms with E-state index in [2.05, 4.69) is 9.84 Å². The summed E-state index contributed by atoms with van der Waals surface area (Å²) >= 11 is 0. The van der Waals surface area contributed by atoms with Gasteiger partial charge in [0.05, 0.1) is 5.56 Å². The molecule has 0 spiro atoms. The summed E-state index contributed by atoms with van der Waals surface area (Å²) in [6.07, 6.45) is -6.97. The van der Waals surface area contributed by atoms with Crippen molar-refractivity contribution in [3.8, 4) is 11.6 Å². The lowest BCUT2D eigenvalue weighted by Crippen LogP contribution is -2.11. The summed E-state index contributed by atoms with van der Waals surface area (Å²) in [5, 5.41) is 12.1. The van der Waals surface area contributed by atoms with Gasteiger partial charge in [0.1, 0.15) is 23.8 Å². The third kappa shape index (κ3) is 3.68. The van der Waals surface area contributed by atoms with E-state index in [-0.39, 0.29) is 11.4 Å². The molecular weight excluding hydrogens is 391 g/mol. The first-order valence-electron chi connectivity index (χ1n) is 7.65. The quantitative estimate of drug-likeness (QED) is 0.511. The molecular formula is C17H11F5N2O4. The highest BCUT2D eigenvalue weighted by Crippen LogP contribution is 2.39. The van der Waals surface area contributed by atoms with Gasteiger partial charge in [-0.1, -0.05) is 6.07 Å². The lowest BCUT2D eigenvalue weighted by molar-refractivity contribution is -0.142. The van der Waals surface area contributed by atoms with Crippen molar-refractivity contribution >= 4 is 11.7 Å². The van der Waals surface area contributed by atoms with Crippen LogP contribution in [0.25, 0.3) is 5.52 Å². The molecule has 0 fully saturated rings. The lowest BCUT2D eigenvalue weighted by Gasteiger charge is -2.10. The Labute approximate surface area is 153 Å². The average molecular weight is 402 g/mol. The molecule has 0 atom stereocenters. The minimum atomic E-state index is -5.01. The van der Waals surface area contributed by atoms with Crippen LogP contribution in [0, 0.1) is 18.6 Å². The van der Waals surface area contributed by atoms with Gasteiger partial charge in [-0.3, -0.25) is 0 Å². The smallest absolute Gasteiger partial charge is 0.473 e. The second-order valence-corrected chi connectivity index (χ2v) is 5.70. The third-order valence-corrected chi connectivity index (χ3v) is 3.68. The highest BCUT2D eigenvalue weighted by atomic mass is 19.4. The molecule has 0 unspecified atom stereocenters. The molecule has 0 saturated heterocycles. The van der Waals surface area contributed by atoms with Crippen LogP contribution in [0.4, 0.5) is 26.7 Å². The highest BCUT2D eigenvalue weighted by molar-refractivity contribution is 5.72. The Morgan fingerprint density at radius 1 is 1.21 bits per heavy atom. The summed E-state index contributed by atoms with van der Waals surface area (Å²) in [4.78, 5) is 10.8. The molecule has 2 heterocycles. The molecule has 0 aliphatic heterocycles. The summed E-state index contributed by atoms with van der Waals surface area (Å²) in [6.45, 7) is 0.870. The first kappa shape index (κ1) is 19.4. The summed E-state index contributed by atoms with van der Waals surface area (Å²) in [7, 11) is 0. The van der Waals surface area contributed by atoms with Gasteiger partial charge in [0, 0.05) is 6.07 Å². The van der Waals surface area contributed by atoms with Gasteiger partial charge in [-0.2, -0.15) is 22.8 Å². The molecule has 1 N–H and O–H groups in total. The summed E-state index contributed by atoms with van der Waals surface area (Å²) in [6, 6.07) is 5.64. The number of fused-ring (bicyclic) bond motifs is 1. The van der Waals surface area contributed by atoms with Crippen molar-refractivity contribution in [3.05, 3.63) is 58.8 Å². The zero-order valence-electron chi connectivity index (χ0n) is 14.1.